The van der Waals surface area contributed by atoms with Crippen LogP contribution >= 0.6 is 23.1 Å². The van der Waals surface area contributed by atoms with E-state index in [4.69, 9.17) is 5.73 Å². The van der Waals surface area contributed by atoms with Crippen LogP contribution in [0.15, 0.2) is 46.9 Å². The normalized spacial score (nSPS) is 12.2. The maximum absolute atomic E-state index is 12.8. The second-order valence-electron chi connectivity index (χ2n) is 5.21. The number of nitrogens with zero attached hydrogens (tertiary/aromatic N) is 3. The molecule has 24 heavy (non-hydrogen) atoms. The van der Waals surface area contributed by atoms with Gasteiger partial charge in [0.15, 0.2) is 5.16 Å². The highest BCUT2D eigenvalue weighted by atomic mass is 32.2. The molecule has 124 valence electrons. The van der Waals surface area contributed by atoms with Crippen LogP contribution < -0.4 is 10.6 Å². The van der Waals surface area contributed by atoms with Crippen molar-refractivity contribution in [3.63, 3.8) is 0 Å². The lowest BCUT2D eigenvalue weighted by Gasteiger charge is -2.24. The first-order valence-electron chi connectivity index (χ1n) is 7.64. The van der Waals surface area contributed by atoms with E-state index in [-0.39, 0.29) is 11.2 Å². The second kappa shape index (κ2) is 7.19. The number of anilines is 2. The van der Waals surface area contributed by atoms with Gasteiger partial charge < -0.3 is 10.6 Å². The van der Waals surface area contributed by atoms with E-state index in [9.17, 15) is 4.79 Å². The molecule has 0 aliphatic carbocycles. The lowest BCUT2D eigenvalue weighted by molar-refractivity contribution is -0.117. The first kappa shape index (κ1) is 16.7. The Labute approximate surface area is 148 Å². The standard InChI is InChI=1S/C17H18N4OS2/c1-3-21(12-7-5-4-6-8-12)16(22)11(2)24-17-19-14(18)13-9-10-23-15(13)20-17/h4-11H,3H2,1-2H3,(H2,18,19,20)/t11-/m0/s1. The van der Waals surface area contributed by atoms with Gasteiger partial charge >= 0.3 is 0 Å². The fraction of sp³-hybridized carbons (Fsp3) is 0.235. The van der Waals surface area contributed by atoms with E-state index in [0.29, 0.717) is 17.5 Å². The summed E-state index contributed by atoms with van der Waals surface area (Å²) >= 11 is 2.85. The highest BCUT2D eigenvalue weighted by Crippen LogP contribution is 2.29. The number of fused-ring (bicyclic) bond motifs is 1. The van der Waals surface area contributed by atoms with Crippen LogP contribution in [-0.2, 0) is 4.79 Å². The number of hydrogen-bond donors (Lipinski definition) is 1. The molecule has 0 aliphatic rings. The van der Waals surface area contributed by atoms with Gasteiger partial charge in [0.05, 0.1) is 10.6 Å². The Morgan fingerprint density at radius 3 is 2.75 bits per heavy atom. The van der Waals surface area contributed by atoms with E-state index >= 15 is 0 Å². The van der Waals surface area contributed by atoms with Crippen LogP contribution in [0.25, 0.3) is 10.2 Å². The lowest BCUT2D eigenvalue weighted by Crippen LogP contribution is -2.36. The summed E-state index contributed by atoms with van der Waals surface area (Å²) in [6.07, 6.45) is 0. The molecule has 1 amide bonds. The summed E-state index contributed by atoms with van der Waals surface area (Å²) in [7, 11) is 0. The number of thiophene rings is 1. The molecule has 0 bridgehead atoms. The molecule has 3 aromatic rings. The van der Waals surface area contributed by atoms with Gasteiger partial charge in [-0.2, -0.15) is 0 Å². The SMILES string of the molecule is CCN(C(=O)[C@H](C)Sc1nc(N)c2ccsc2n1)c1ccccc1. The van der Waals surface area contributed by atoms with Gasteiger partial charge in [-0.05, 0) is 37.4 Å². The molecular formula is C17H18N4OS2. The zero-order chi connectivity index (χ0) is 17.1. The Bertz CT molecular complexity index is 850. The first-order chi connectivity index (χ1) is 11.6. The Balaban J connectivity index is 1.79. The Morgan fingerprint density at radius 1 is 1.29 bits per heavy atom. The number of carbonyl (C=O) groups is 1. The van der Waals surface area contributed by atoms with Crippen LogP contribution in [0.5, 0.6) is 0 Å². The molecule has 0 spiro atoms. The summed E-state index contributed by atoms with van der Waals surface area (Å²) in [5.74, 6) is 0.487. The zero-order valence-corrected chi connectivity index (χ0v) is 15.1. The number of carbonyl (C=O) groups excluding carboxylic acids is 1. The monoisotopic (exact) mass is 358 g/mol. The lowest BCUT2D eigenvalue weighted by atomic mass is 10.2. The van der Waals surface area contributed by atoms with Crippen molar-refractivity contribution in [3.8, 4) is 0 Å². The van der Waals surface area contributed by atoms with Crippen LogP contribution in [0.4, 0.5) is 11.5 Å². The summed E-state index contributed by atoms with van der Waals surface area (Å²) < 4.78 is 0. The van der Waals surface area contributed by atoms with Crippen molar-refractivity contribution in [2.24, 2.45) is 0 Å². The predicted octanol–water partition coefficient (Wildman–Crippen LogP) is 3.81. The molecule has 3 rings (SSSR count). The molecule has 0 unspecified atom stereocenters. The molecule has 0 aliphatic heterocycles. The number of amides is 1. The molecule has 0 radical (unpaired) electrons. The fourth-order valence-corrected chi connectivity index (χ4v) is 4.08. The van der Waals surface area contributed by atoms with E-state index in [1.165, 1.54) is 23.1 Å². The fourth-order valence-electron chi connectivity index (χ4n) is 2.41. The average Bonchev–Trinajstić information content (AvgIpc) is 3.05. The molecule has 2 aromatic heterocycles. The van der Waals surface area contributed by atoms with Gasteiger partial charge in [-0.15, -0.1) is 11.3 Å². The van der Waals surface area contributed by atoms with Gasteiger partial charge in [0.2, 0.25) is 5.91 Å². The molecule has 0 fully saturated rings. The molecular weight excluding hydrogens is 340 g/mol. The topological polar surface area (TPSA) is 72.1 Å². The number of thioether (sulfide) groups is 1. The van der Waals surface area contributed by atoms with E-state index in [1.807, 2.05) is 55.6 Å². The highest BCUT2D eigenvalue weighted by molar-refractivity contribution is 8.00. The van der Waals surface area contributed by atoms with Crippen molar-refractivity contribution < 1.29 is 4.79 Å². The molecule has 1 atom stereocenters. The molecule has 7 heteroatoms. The predicted molar refractivity (Wildman–Crippen MR) is 102 cm³/mol. The molecule has 2 heterocycles. The van der Waals surface area contributed by atoms with Gasteiger partial charge in [-0.1, -0.05) is 30.0 Å². The second-order valence-corrected chi connectivity index (χ2v) is 7.41. The number of hydrogen-bond acceptors (Lipinski definition) is 6. The zero-order valence-electron chi connectivity index (χ0n) is 13.5. The first-order valence-corrected chi connectivity index (χ1v) is 9.40. The third kappa shape index (κ3) is 3.37. The summed E-state index contributed by atoms with van der Waals surface area (Å²) in [6, 6.07) is 11.6. The third-order valence-electron chi connectivity index (χ3n) is 3.61. The van der Waals surface area contributed by atoms with Crippen LogP contribution in [-0.4, -0.2) is 27.7 Å². The van der Waals surface area contributed by atoms with Gasteiger partial charge in [0.1, 0.15) is 10.6 Å². The Hall–Kier alpha value is -2.12. The minimum Gasteiger partial charge on any atom is -0.383 e. The van der Waals surface area contributed by atoms with E-state index in [0.717, 1.165) is 15.9 Å². The third-order valence-corrected chi connectivity index (χ3v) is 5.37. The number of nitrogens with two attached hydrogens (primary N) is 1. The molecule has 0 saturated heterocycles. The molecule has 1 aromatic carbocycles. The van der Waals surface area contributed by atoms with E-state index < -0.39 is 0 Å². The maximum Gasteiger partial charge on any atom is 0.240 e. The van der Waals surface area contributed by atoms with Crippen molar-refractivity contribution in [1.29, 1.82) is 0 Å². The van der Waals surface area contributed by atoms with Crippen molar-refractivity contribution in [2.75, 3.05) is 17.2 Å². The van der Waals surface area contributed by atoms with Gasteiger partial charge in [-0.25, -0.2) is 9.97 Å². The van der Waals surface area contributed by atoms with Crippen molar-refractivity contribution in [1.82, 2.24) is 9.97 Å². The summed E-state index contributed by atoms with van der Waals surface area (Å²) in [5, 5.41) is 3.03. The average molecular weight is 358 g/mol. The van der Waals surface area contributed by atoms with Crippen molar-refractivity contribution in [3.05, 3.63) is 41.8 Å². The summed E-state index contributed by atoms with van der Waals surface area (Å²) in [4.78, 5) is 24.2. The van der Waals surface area contributed by atoms with Gasteiger partial charge in [0, 0.05) is 12.2 Å². The summed E-state index contributed by atoms with van der Waals surface area (Å²) in [6.45, 7) is 4.45. The maximum atomic E-state index is 12.8. The number of benzene rings is 1. The number of nitrogen functional groups attached to an aromatic ring is 1. The summed E-state index contributed by atoms with van der Waals surface area (Å²) in [5.41, 5.74) is 6.87. The molecule has 5 nitrogen and oxygen atoms in total. The Morgan fingerprint density at radius 2 is 2.04 bits per heavy atom. The van der Waals surface area contributed by atoms with Crippen LogP contribution in [0.1, 0.15) is 13.8 Å². The minimum absolute atomic E-state index is 0.0298. The number of aromatic nitrogens is 2. The molecule has 2 N–H and O–H groups in total. The quantitative estimate of drug-likeness (QED) is 0.555. The molecule has 0 saturated carbocycles. The number of para-hydroxylation sites is 1. The minimum atomic E-state index is -0.304. The van der Waals surface area contributed by atoms with Gasteiger partial charge in [0.25, 0.3) is 0 Å². The van der Waals surface area contributed by atoms with Crippen LogP contribution in [0.3, 0.4) is 0 Å². The van der Waals surface area contributed by atoms with Crippen LogP contribution in [0.2, 0.25) is 0 Å². The Kier molecular flexibility index (Phi) is 5.01. The largest absolute Gasteiger partial charge is 0.383 e. The number of rotatable bonds is 5. The smallest absolute Gasteiger partial charge is 0.240 e. The van der Waals surface area contributed by atoms with Crippen molar-refractivity contribution >= 4 is 50.7 Å². The van der Waals surface area contributed by atoms with E-state index in [2.05, 4.69) is 9.97 Å². The van der Waals surface area contributed by atoms with Crippen molar-refractivity contribution in [2.45, 2.75) is 24.3 Å². The highest BCUT2D eigenvalue weighted by Gasteiger charge is 2.23. The van der Waals surface area contributed by atoms with Crippen LogP contribution in [0, 0.1) is 0 Å². The van der Waals surface area contributed by atoms with Gasteiger partial charge in [-0.3, -0.25) is 4.79 Å². The van der Waals surface area contributed by atoms with E-state index in [1.54, 1.807) is 4.90 Å².